The van der Waals surface area contributed by atoms with Gasteiger partial charge >= 0.3 is 0 Å². The lowest BCUT2D eigenvalue weighted by Crippen LogP contribution is -2.34. The summed E-state index contributed by atoms with van der Waals surface area (Å²) in [5.41, 5.74) is 7.87. The van der Waals surface area contributed by atoms with Crippen LogP contribution < -0.4 is 16.4 Å². The normalized spacial score (nSPS) is 10.4. The third kappa shape index (κ3) is 3.28. The third-order valence-electron chi connectivity index (χ3n) is 3.13. The van der Waals surface area contributed by atoms with E-state index in [1.54, 1.807) is 18.3 Å². The molecule has 0 spiro atoms. The quantitative estimate of drug-likeness (QED) is 0.577. The summed E-state index contributed by atoms with van der Waals surface area (Å²) in [5.74, 6) is -0.410. The molecule has 0 unspecified atom stereocenters. The molecular formula is C15H18N4O2. The summed E-state index contributed by atoms with van der Waals surface area (Å²) in [6.45, 7) is 4.06. The third-order valence-corrected chi connectivity index (χ3v) is 3.13. The first-order valence-electron chi connectivity index (χ1n) is 6.67. The van der Waals surface area contributed by atoms with Crippen molar-refractivity contribution >= 4 is 28.3 Å². The van der Waals surface area contributed by atoms with Crippen LogP contribution >= 0.6 is 0 Å². The van der Waals surface area contributed by atoms with E-state index in [2.05, 4.69) is 15.6 Å². The molecule has 6 heteroatoms. The molecule has 0 bridgehead atoms. The first-order valence-corrected chi connectivity index (χ1v) is 6.67. The van der Waals surface area contributed by atoms with Gasteiger partial charge in [0.05, 0.1) is 0 Å². The number of rotatable bonds is 4. The van der Waals surface area contributed by atoms with Gasteiger partial charge in [-0.1, -0.05) is 12.1 Å². The molecule has 6 nitrogen and oxygen atoms in total. The van der Waals surface area contributed by atoms with E-state index in [1.807, 2.05) is 13.0 Å². The highest BCUT2D eigenvalue weighted by atomic mass is 16.2. The van der Waals surface area contributed by atoms with Gasteiger partial charge in [0.2, 0.25) is 5.91 Å². The zero-order valence-corrected chi connectivity index (χ0v) is 12.1. The van der Waals surface area contributed by atoms with Crippen molar-refractivity contribution in [1.82, 2.24) is 15.6 Å². The van der Waals surface area contributed by atoms with E-state index in [0.29, 0.717) is 24.5 Å². The van der Waals surface area contributed by atoms with Crippen LogP contribution in [0.2, 0.25) is 0 Å². The van der Waals surface area contributed by atoms with Crippen molar-refractivity contribution in [1.29, 1.82) is 0 Å². The van der Waals surface area contributed by atoms with Gasteiger partial charge in [0.15, 0.2) is 0 Å². The zero-order valence-electron chi connectivity index (χ0n) is 12.1. The molecule has 21 heavy (non-hydrogen) atoms. The summed E-state index contributed by atoms with van der Waals surface area (Å²) in [5, 5.41) is 6.92. The lowest BCUT2D eigenvalue weighted by atomic mass is 10.0. The van der Waals surface area contributed by atoms with Gasteiger partial charge in [-0.15, -0.1) is 0 Å². The number of carbonyl (C=O) groups excluding carboxylic acids is 2. The largest absolute Gasteiger partial charge is 0.398 e. The summed E-state index contributed by atoms with van der Waals surface area (Å²) in [4.78, 5) is 27.2. The summed E-state index contributed by atoms with van der Waals surface area (Å²) in [7, 11) is 0. The number of aryl methyl sites for hydroxylation is 1. The summed E-state index contributed by atoms with van der Waals surface area (Å²) >= 11 is 0. The smallest absolute Gasteiger partial charge is 0.270 e. The maximum Gasteiger partial charge on any atom is 0.270 e. The van der Waals surface area contributed by atoms with Crippen molar-refractivity contribution in [3.8, 4) is 0 Å². The Morgan fingerprint density at radius 2 is 1.95 bits per heavy atom. The number of hydrogen-bond donors (Lipinski definition) is 3. The number of pyridine rings is 1. The minimum absolute atomic E-state index is 0.129. The number of benzene rings is 1. The molecule has 0 aliphatic rings. The van der Waals surface area contributed by atoms with Gasteiger partial charge in [0.1, 0.15) is 5.69 Å². The molecule has 1 heterocycles. The molecule has 0 fully saturated rings. The number of anilines is 1. The number of fused-ring (bicyclic) bond motifs is 1. The topological polar surface area (TPSA) is 97.1 Å². The number of aromatic nitrogens is 1. The van der Waals surface area contributed by atoms with E-state index < -0.39 is 0 Å². The van der Waals surface area contributed by atoms with Gasteiger partial charge in [-0.25, -0.2) is 0 Å². The Hall–Kier alpha value is -2.63. The number of nitrogens with two attached hydrogens (primary N) is 1. The number of nitrogens with zero attached hydrogens (tertiary/aromatic N) is 1. The van der Waals surface area contributed by atoms with Crippen molar-refractivity contribution in [2.45, 2.75) is 13.8 Å². The van der Waals surface area contributed by atoms with Gasteiger partial charge in [-0.05, 0) is 18.6 Å². The molecule has 2 aromatic rings. The summed E-state index contributed by atoms with van der Waals surface area (Å²) in [6.07, 6.45) is 1.64. The second-order valence-corrected chi connectivity index (χ2v) is 4.80. The standard InChI is InChI=1S/C15H18N4O2/c1-9-8-19-14(11-4-3-5-12(16)13(9)11)15(21)18-7-6-17-10(2)20/h3-5,8H,6-7,16H2,1-2H3,(H,17,20)(H,18,21). The summed E-state index contributed by atoms with van der Waals surface area (Å²) < 4.78 is 0. The van der Waals surface area contributed by atoms with Crippen LogP contribution in [0.15, 0.2) is 24.4 Å². The number of carbonyl (C=O) groups is 2. The fourth-order valence-corrected chi connectivity index (χ4v) is 2.18. The van der Waals surface area contributed by atoms with Crippen LogP contribution in [0.1, 0.15) is 23.0 Å². The molecule has 1 aromatic carbocycles. The lowest BCUT2D eigenvalue weighted by Gasteiger charge is -2.10. The average molecular weight is 286 g/mol. The van der Waals surface area contributed by atoms with Crippen molar-refractivity contribution in [2.75, 3.05) is 18.8 Å². The fraction of sp³-hybridized carbons (Fsp3) is 0.267. The Labute approximate surface area is 122 Å². The molecule has 2 amide bonds. The van der Waals surface area contributed by atoms with Crippen molar-refractivity contribution < 1.29 is 9.59 Å². The Kier molecular flexibility index (Phi) is 4.37. The Bertz CT molecular complexity index is 689. The molecule has 0 saturated carbocycles. The van der Waals surface area contributed by atoms with E-state index in [-0.39, 0.29) is 11.8 Å². The Balaban J connectivity index is 2.22. The molecule has 0 aliphatic heterocycles. The van der Waals surface area contributed by atoms with Gasteiger partial charge in [-0.2, -0.15) is 0 Å². The van der Waals surface area contributed by atoms with Crippen LogP contribution in [-0.2, 0) is 4.79 Å². The van der Waals surface area contributed by atoms with Crippen LogP contribution in [0.25, 0.3) is 10.8 Å². The maximum atomic E-state index is 12.2. The highest BCUT2D eigenvalue weighted by Crippen LogP contribution is 2.25. The van der Waals surface area contributed by atoms with E-state index in [0.717, 1.165) is 16.3 Å². The van der Waals surface area contributed by atoms with Gasteiger partial charge < -0.3 is 16.4 Å². The van der Waals surface area contributed by atoms with E-state index in [9.17, 15) is 9.59 Å². The molecule has 110 valence electrons. The lowest BCUT2D eigenvalue weighted by molar-refractivity contribution is -0.118. The number of nitrogen functional groups attached to an aromatic ring is 1. The number of amides is 2. The van der Waals surface area contributed by atoms with Crippen LogP contribution in [0.3, 0.4) is 0 Å². The molecule has 1 aromatic heterocycles. The molecule has 0 aliphatic carbocycles. The first kappa shape index (κ1) is 14.8. The Morgan fingerprint density at radius 3 is 2.67 bits per heavy atom. The first-order chi connectivity index (χ1) is 10.0. The molecule has 4 N–H and O–H groups in total. The second kappa shape index (κ2) is 6.21. The van der Waals surface area contributed by atoms with E-state index in [4.69, 9.17) is 5.73 Å². The van der Waals surface area contributed by atoms with Crippen molar-refractivity contribution in [3.05, 3.63) is 35.7 Å². The molecule has 0 atom stereocenters. The van der Waals surface area contributed by atoms with Gasteiger partial charge in [0, 0.05) is 42.7 Å². The predicted octanol–water partition coefficient (Wildman–Crippen LogP) is 0.991. The molecular weight excluding hydrogens is 268 g/mol. The second-order valence-electron chi connectivity index (χ2n) is 4.80. The van der Waals surface area contributed by atoms with Crippen LogP contribution in [-0.4, -0.2) is 29.9 Å². The average Bonchev–Trinajstić information content (AvgIpc) is 2.43. The molecule has 0 saturated heterocycles. The summed E-state index contributed by atoms with van der Waals surface area (Å²) in [6, 6.07) is 5.43. The monoisotopic (exact) mass is 286 g/mol. The number of nitrogens with one attached hydrogen (secondary N) is 2. The van der Waals surface area contributed by atoms with Gasteiger partial charge in [-0.3, -0.25) is 14.6 Å². The van der Waals surface area contributed by atoms with Crippen LogP contribution in [0, 0.1) is 6.92 Å². The van der Waals surface area contributed by atoms with Gasteiger partial charge in [0.25, 0.3) is 5.91 Å². The zero-order chi connectivity index (χ0) is 15.4. The molecule has 0 radical (unpaired) electrons. The minimum atomic E-state index is -0.282. The fourth-order valence-electron chi connectivity index (χ4n) is 2.18. The van der Waals surface area contributed by atoms with Crippen molar-refractivity contribution in [2.24, 2.45) is 0 Å². The predicted molar refractivity (Wildman–Crippen MR) is 81.9 cm³/mol. The number of hydrogen-bond acceptors (Lipinski definition) is 4. The highest BCUT2D eigenvalue weighted by molar-refractivity contribution is 6.08. The maximum absolute atomic E-state index is 12.2. The van der Waals surface area contributed by atoms with Crippen molar-refractivity contribution in [3.63, 3.8) is 0 Å². The minimum Gasteiger partial charge on any atom is -0.398 e. The van der Waals surface area contributed by atoms with Crippen LogP contribution in [0.4, 0.5) is 5.69 Å². The SMILES string of the molecule is CC(=O)NCCNC(=O)c1ncc(C)c2c(N)cccc12. The Morgan fingerprint density at radius 1 is 1.24 bits per heavy atom. The highest BCUT2D eigenvalue weighted by Gasteiger charge is 2.13. The van der Waals surface area contributed by atoms with E-state index in [1.165, 1.54) is 6.92 Å². The van der Waals surface area contributed by atoms with E-state index >= 15 is 0 Å². The molecule has 2 rings (SSSR count). The van der Waals surface area contributed by atoms with Crippen LogP contribution in [0.5, 0.6) is 0 Å².